The largest absolute Gasteiger partial charge is 0.462 e. The molecule has 4 nitrogen and oxygen atoms in total. The van der Waals surface area contributed by atoms with Crippen LogP contribution in [-0.4, -0.2) is 24.1 Å². The van der Waals surface area contributed by atoms with Crippen LogP contribution in [-0.2, 0) is 11.2 Å². The van der Waals surface area contributed by atoms with Crippen LogP contribution >= 0.6 is 41.7 Å². The minimum absolute atomic E-state index is 0.235. The van der Waals surface area contributed by atoms with E-state index in [9.17, 15) is 4.79 Å². The highest BCUT2D eigenvalue weighted by Crippen LogP contribution is 2.43. The summed E-state index contributed by atoms with van der Waals surface area (Å²) in [7, 11) is 1.65. The predicted octanol–water partition coefficient (Wildman–Crippen LogP) is 5.37. The van der Waals surface area contributed by atoms with Gasteiger partial charge in [-0.15, -0.1) is 11.3 Å². The Labute approximate surface area is 157 Å². The van der Waals surface area contributed by atoms with Crippen molar-refractivity contribution < 1.29 is 9.53 Å². The Kier molecular flexibility index (Phi) is 7.16. The molecule has 0 saturated heterocycles. The Balaban J connectivity index is 0.000000924. The topological polar surface area (TPSA) is 42.4 Å². The molecule has 0 amide bonds. The Bertz CT molecular complexity index is 676. The summed E-state index contributed by atoms with van der Waals surface area (Å²) < 4.78 is 7.29. The van der Waals surface area contributed by atoms with Crippen molar-refractivity contribution in [2.75, 3.05) is 17.5 Å². The molecule has 0 radical (unpaired) electrons. The predicted molar refractivity (Wildman–Crippen MR) is 108 cm³/mol. The molecule has 1 aliphatic rings. The summed E-state index contributed by atoms with van der Waals surface area (Å²) in [5, 5.41) is 0. The lowest BCUT2D eigenvalue weighted by Crippen LogP contribution is -2.15. The first-order valence-corrected chi connectivity index (χ1v) is 11.7. The third-order valence-electron chi connectivity index (χ3n) is 3.22. The lowest BCUT2D eigenvalue weighted by Gasteiger charge is -2.18. The van der Waals surface area contributed by atoms with Crippen molar-refractivity contribution in [1.29, 1.82) is 0 Å². The van der Waals surface area contributed by atoms with Crippen LogP contribution in [0.1, 0.15) is 36.0 Å². The van der Waals surface area contributed by atoms with E-state index in [1.54, 1.807) is 9.12 Å². The smallest absolute Gasteiger partial charge is 0.348 e. The number of aromatic nitrogens is 1. The quantitative estimate of drug-likeness (QED) is 0.349. The van der Waals surface area contributed by atoms with Gasteiger partial charge < -0.3 is 4.74 Å². The zero-order valence-electron chi connectivity index (χ0n) is 13.3. The second kappa shape index (κ2) is 8.89. The van der Waals surface area contributed by atoms with E-state index in [1.807, 2.05) is 39.1 Å². The van der Waals surface area contributed by atoms with Crippen molar-refractivity contribution >= 4 is 53.4 Å². The Morgan fingerprint density at radius 2 is 2.30 bits per heavy atom. The number of anilines is 1. The van der Waals surface area contributed by atoms with Crippen molar-refractivity contribution in [2.45, 2.75) is 27.2 Å². The van der Waals surface area contributed by atoms with Gasteiger partial charge in [0.25, 0.3) is 0 Å². The van der Waals surface area contributed by atoms with Gasteiger partial charge in [-0.1, -0.05) is 13.8 Å². The van der Waals surface area contributed by atoms with E-state index < -0.39 is 0 Å². The highest BCUT2D eigenvalue weighted by Gasteiger charge is 2.24. The molecule has 0 bridgehead atoms. The van der Waals surface area contributed by atoms with Crippen molar-refractivity contribution in [3.8, 4) is 10.4 Å². The van der Waals surface area contributed by atoms with Gasteiger partial charge in [0.2, 0.25) is 0 Å². The zero-order chi connectivity index (χ0) is 16.8. The molecule has 2 aromatic heterocycles. The van der Waals surface area contributed by atoms with E-state index in [-0.39, 0.29) is 5.97 Å². The number of carbonyl (C=O) groups is 1. The number of pyridine rings is 1. The SMILES string of the molecule is CC.CCOC(=O)c1cc2c(s1)-c1cccnc1N(SI)CC2. The molecule has 1 aliphatic heterocycles. The van der Waals surface area contributed by atoms with Crippen LogP contribution < -0.4 is 4.31 Å². The van der Waals surface area contributed by atoms with Crippen LogP contribution in [0.4, 0.5) is 5.82 Å². The van der Waals surface area contributed by atoms with Gasteiger partial charge in [0, 0.05) is 53.5 Å². The molecule has 7 heteroatoms. The molecule has 2 aromatic rings. The third kappa shape index (κ3) is 4.00. The molecule has 23 heavy (non-hydrogen) atoms. The molecule has 0 aromatic carbocycles. The summed E-state index contributed by atoms with van der Waals surface area (Å²) >= 11 is 3.78. The first kappa shape index (κ1) is 18.5. The van der Waals surface area contributed by atoms with Crippen LogP contribution in [0, 0.1) is 0 Å². The van der Waals surface area contributed by atoms with E-state index in [2.05, 4.69) is 36.6 Å². The maximum atomic E-state index is 11.9. The highest BCUT2D eigenvalue weighted by molar-refractivity contribution is 14.2. The van der Waals surface area contributed by atoms with Crippen molar-refractivity contribution in [3.63, 3.8) is 0 Å². The van der Waals surface area contributed by atoms with Gasteiger partial charge in [0.1, 0.15) is 10.7 Å². The number of carbonyl (C=O) groups excluding carboxylic acids is 1. The van der Waals surface area contributed by atoms with Crippen LogP contribution in [0.3, 0.4) is 0 Å². The molecule has 3 rings (SSSR count). The summed E-state index contributed by atoms with van der Waals surface area (Å²) in [6, 6.07) is 5.97. The van der Waals surface area contributed by atoms with Crippen LogP contribution in [0.25, 0.3) is 10.4 Å². The van der Waals surface area contributed by atoms with Crippen LogP contribution in [0.15, 0.2) is 24.4 Å². The molecular weight excluding hydrogens is 443 g/mol. The minimum atomic E-state index is -0.235. The Morgan fingerprint density at radius 1 is 1.52 bits per heavy atom. The van der Waals surface area contributed by atoms with Gasteiger partial charge in [0.05, 0.1) is 6.61 Å². The summed E-state index contributed by atoms with van der Waals surface area (Å²) in [4.78, 5) is 18.3. The van der Waals surface area contributed by atoms with Gasteiger partial charge in [0.15, 0.2) is 0 Å². The van der Waals surface area contributed by atoms with E-state index in [0.717, 1.165) is 29.2 Å². The fraction of sp³-hybridized carbons (Fsp3) is 0.375. The Hall–Kier alpha value is -0.800. The lowest BCUT2D eigenvalue weighted by atomic mass is 10.1. The number of halogens is 1. The fourth-order valence-corrected chi connectivity index (χ4v) is 4.96. The van der Waals surface area contributed by atoms with Crippen molar-refractivity contribution in [1.82, 2.24) is 4.98 Å². The monoisotopic (exact) mass is 462 g/mol. The molecule has 0 aliphatic carbocycles. The lowest BCUT2D eigenvalue weighted by molar-refractivity contribution is 0.0532. The molecular formula is C16H19IN2O2S2. The molecule has 0 N–H and O–H groups in total. The average molecular weight is 462 g/mol. The number of hydrogen-bond acceptors (Lipinski definition) is 6. The maximum Gasteiger partial charge on any atom is 0.348 e. The van der Waals surface area contributed by atoms with Crippen LogP contribution in [0.5, 0.6) is 0 Å². The molecule has 124 valence electrons. The fourth-order valence-electron chi connectivity index (χ4n) is 2.31. The molecule has 0 atom stereocenters. The van der Waals surface area contributed by atoms with Gasteiger partial charge in [-0.3, -0.25) is 4.31 Å². The maximum absolute atomic E-state index is 11.9. The number of fused-ring (bicyclic) bond motifs is 3. The first-order chi connectivity index (χ1) is 11.2. The zero-order valence-corrected chi connectivity index (χ0v) is 17.1. The van der Waals surface area contributed by atoms with E-state index in [0.29, 0.717) is 11.5 Å². The molecule has 3 heterocycles. The number of esters is 1. The summed E-state index contributed by atoms with van der Waals surface area (Å²) in [5.74, 6) is 0.731. The number of ether oxygens (including phenoxy) is 1. The van der Waals surface area contributed by atoms with Crippen molar-refractivity contribution in [3.05, 3.63) is 34.8 Å². The normalized spacial score (nSPS) is 12.4. The third-order valence-corrected chi connectivity index (χ3v) is 6.36. The van der Waals surface area contributed by atoms with E-state index >= 15 is 0 Å². The molecule has 0 saturated carbocycles. The first-order valence-electron chi connectivity index (χ1n) is 7.56. The van der Waals surface area contributed by atoms with Crippen molar-refractivity contribution in [2.24, 2.45) is 0 Å². The van der Waals surface area contributed by atoms with Gasteiger partial charge in [-0.2, -0.15) is 0 Å². The number of thiophene rings is 1. The standard InChI is InChI=1S/C14H13IN2O2S2.C2H6/c1-2-19-14(18)11-8-9-5-7-17(21-15)13-10(12(9)20-11)4-3-6-16-13;1-2/h3-4,6,8H,2,5,7H2,1H3;1-2H3. The van der Waals surface area contributed by atoms with Gasteiger partial charge in [-0.25, -0.2) is 9.78 Å². The van der Waals surface area contributed by atoms with Gasteiger partial charge in [-0.05, 0) is 37.1 Å². The second-order valence-corrected chi connectivity index (χ2v) is 7.29. The summed E-state index contributed by atoms with van der Waals surface area (Å²) in [6.45, 7) is 7.10. The number of hydrogen-bond donors (Lipinski definition) is 0. The summed E-state index contributed by atoms with van der Waals surface area (Å²) in [6.07, 6.45) is 2.71. The highest BCUT2D eigenvalue weighted by atomic mass is 127. The average Bonchev–Trinajstić information content (AvgIpc) is 2.96. The molecule has 0 spiro atoms. The Morgan fingerprint density at radius 3 is 3.00 bits per heavy atom. The summed E-state index contributed by atoms with van der Waals surface area (Å²) in [5.41, 5.74) is 2.29. The van der Waals surface area contributed by atoms with Gasteiger partial charge >= 0.3 is 5.97 Å². The molecule has 0 unspecified atom stereocenters. The number of nitrogens with zero attached hydrogens (tertiary/aromatic N) is 2. The number of rotatable bonds is 3. The van der Waals surface area contributed by atoms with Crippen LogP contribution in [0.2, 0.25) is 0 Å². The second-order valence-electron chi connectivity index (χ2n) is 4.48. The van der Waals surface area contributed by atoms with E-state index in [1.165, 1.54) is 16.9 Å². The molecule has 0 fully saturated rings. The minimum Gasteiger partial charge on any atom is -0.462 e. The van der Waals surface area contributed by atoms with E-state index in [4.69, 9.17) is 4.74 Å².